The topological polar surface area (TPSA) is 73.6 Å². The third kappa shape index (κ3) is 3.69. The van der Waals surface area contributed by atoms with E-state index in [9.17, 15) is 0 Å². The number of aryl methyl sites for hydroxylation is 2. The van der Waals surface area contributed by atoms with Gasteiger partial charge in [0.1, 0.15) is 18.0 Å². The van der Waals surface area contributed by atoms with Crippen LogP contribution in [-0.2, 0) is 6.42 Å². The van der Waals surface area contributed by atoms with Gasteiger partial charge in [0.2, 0.25) is 0 Å². The van der Waals surface area contributed by atoms with Gasteiger partial charge in [0.25, 0.3) is 0 Å². The van der Waals surface area contributed by atoms with Crippen LogP contribution in [-0.4, -0.2) is 16.5 Å². The van der Waals surface area contributed by atoms with Crippen molar-refractivity contribution in [3.05, 3.63) is 47.3 Å². The summed E-state index contributed by atoms with van der Waals surface area (Å²) in [6.07, 6.45) is 4.20. The van der Waals surface area contributed by atoms with Crippen molar-refractivity contribution >= 4 is 11.6 Å². The van der Waals surface area contributed by atoms with Crippen molar-refractivity contribution in [2.75, 3.05) is 17.2 Å². The quantitative estimate of drug-likeness (QED) is 0.643. The fourth-order valence-corrected chi connectivity index (χ4v) is 1.97. The fourth-order valence-electron chi connectivity index (χ4n) is 1.97. The summed E-state index contributed by atoms with van der Waals surface area (Å²) in [5.41, 5.74) is 3.90. The smallest absolute Gasteiger partial charge is 0.182 e. The molecule has 0 atom stereocenters. The molecule has 0 amide bonds. The molecule has 1 aromatic heterocycles. The Labute approximate surface area is 118 Å². The summed E-state index contributed by atoms with van der Waals surface area (Å²) in [4.78, 5) is 8.06. The van der Waals surface area contributed by atoms with E-state index in [1.807, 2.05) is 6.19 Å². The third-order valence-electron chi connectivity index (χ3n) is 3.06. The minimum absolute atomic E-state index is 0.497. The molecule has 1 heterocycles. The highest BCUT2D eigenvalue weighted by atomic mass is 15.1. The predicted molar refractivity (Wildman–Crippen MR) is 79.4 cm³/mol. The van der Waals surface area contributed by atoms with Crippen LogP contribution >= 0.6 is 0 Å². The first-order chi connectivity index (χ1) is 9.69. The van der Waals surface area contributed by atoms with E-state index < -0.39 is 0 Å². The molecule has 20 heavy (non-hydrogen) atoms. The first-order valence-electron chi connectivity index (χ1n) is 6.46. The molecule has 2 rings (SSSR count). The number of anilines is 2. The molecule has 0 bridgehead atoms. The van der Waals surface area contributed by atoms with E-state index in [-0.39, 0.29) is 0 Å². The van der Waals surface area contributed by atoms with Crippen LogP contribution < -0.4 is 10.6 Å². The number of aromatic nitrogens is 2. The van der Waals surface area contributed by atoms with Crippen molar-refractivity contribution in [2.45, 2.75) is 20.3 Å². The van der Waals surface area contributed by atoms with Gasteiger partial charge in [0.15, 0.2) is 6.19 Å². The largest absolute Gasteiger partial charge is 0.370 e. The number of benzene rings is 1. The van der Waals surface area contributed by atoms with Crippen LogP contribution in [0.4, 0.5) is 11.6 Å². The van der Waals surface area contributed by atoms with Crippen LogP contribution in [0.2, 0.25) is 0 Å². The normalized spacial score (nSPS) is 9.85. The summed E-state index contributed by atoms with van der Waals surface area (Å²) in [6, 6.07) is 8.19. The molecule has 0 aliphatic heterocycles. The van der Waals surface area contributed by atoms with Crippen molar-refractivity contribution in [1.82, 2.24) is 9.97 Å². The minimum Gasteiger partial charge on any atom is -0.370 e. The third-order valence-corrected chi connectivity index (χ3v) is 3.06. The van der Waals surface area contributed by atoms with Gasteiger partial charge in [-0.3, -0.25) is 5.32 Å². The van der Waals surface area contributed by atoms with Gasteiger partial charge in [-0.25, -0.2) is 9.97 Å². The standard InChI is InChI=1S/C15H17N5/c1-11-3-4-12(2)13(7-11)5-6-17-14-8-15(18-9-16)20-10-19-14/h3-4,7-8,10H,5-6H2,1-2H3,(H2,17,18,19,20). The van der Waals surface area contributed by atoms with Crippen molar-refractivity contribution in [1.29, 1.82) is 5.26 Å². The summed E-state index contributed by atoms with van der Waals surface area (Å²) in [5.74, 6) is 1.21. The zero-order chi connectivity index (χ0) is 14.4. The maximum Gasteiger partial charge on any atom is 0.182 e. The van der Waals surface area contributed by atoms with Gasteiger partial charge in [-0.15, -0.1) is 0 Å². The Balaban J connectivity index is 1.94. The predicted octanol–water partition coefficient (Wildman–Crippen LogP) is 2.64. The van der Waals surface area contributed by atoms with Gasteiger partial charge < -0.3 is 5.32 Å². The summed E-state index contributed by atoms with van der Waals surface area (Å²) in [6.45, 7) is 5.00. The van der Waals surface area contributed by atoms with E-state index in [4.69, 9.17) is 5.26 Å². The highest BCUT2D eigenvalue weighted by molar-refractivity contribution is 5.48. The Morgan fingerprint density at radius 3 is 2.75 bits per heavy atom. The van der Waals surface area contributed by atoms with Crippen molar-refractivity contribution < 1.29 is 0 Å². The molecule has 5 nitrogen and oxygen atoms in total. The Morgan fingerprint density at radius 1 is 1.15 bits per heavy atom. The van der Waals surface area contributed by atoms with E-state index in [0.29, 0.717) is 11.6 Å². The zero-order valence-electron chi connectivity index (χ0n) is 11.6. The van der Waals surface area contributed by atoms with Crippen molar-refractivity contribution in [3.63, 3.8) is 0 Å². The average Bonchev–Trinajstić information content (AvgIpc) is 2.43. The lowest BCUT2D eigenvalue weighted by Gasteiger charge is -2.09. The van der Waals surface area contributed by atoms with Gasteiger partial charge in [-0.2, -0.15) is 5.26 Å². The van der Waals surface area contributed by atoms with Crippen LogP contribution in [0.25, 0.3) is 0 Å². The van der Waals surface area contributed by atoms with E-state index in [0.717, 1.165) is 13.0 Å². The fraction of sp³-hybridized carbons (Fsp3) is 0.267. The van der Waals surface area contributed by atoms with E-state index >= 15 is 0 Å². The van der Waals surface area contributed by atoms with Gasteiger partial charge in [-0.1, -0.05) is 23.8 Å². The molecule has 102 valence electrons. The van der Waals surface area contributed by atoms with Gasteiger partial charge in [0.05, 0.1) is 0 Å². The number of nitrogens with one attached hydrogen (secondary N) is 2. The SMILES string of the molecule is Cc1ccc(C)c(CCNc2cc(NC#N)ncn2)c1. The van der Waals surface area contributed by atoms with Crippen LogP contribution in [0.15, 0.2) is 30.6 Å². The van der Waals surface area contributed by atoms with Gasteiger partial charge in [0, 0.05) is 12.6 Å². The van der Waals surface area contributed by atoms with Crippen molar-refractivity contribution in [3.8, 4) is 6.19 Å². The van der Waals surface area contributed by atoms with Gasteiger partial charge in [-0.05, 0) is 31.4 Å². The second kappa shape index (κ2) is 6.53. The number of nitrogens with zero attached hydrogens (tertiary/aromatic N) is 3. The Kier molecular flexibility index (Phi) is 4.51. The molecule has 1 aromatic carbocycles. The maximum atomic E-state index is 8.55. The number of nitriles is 1. The molecule has 0 saturated heterocycles. The highest BCUT2D eigenvalue weighted by Gasteiger charge is 2.01. The molecule has 0 aliphatic carbocycles. The molecule has 2 N–H and O–H groups in total. The molecule has 0 saturated carbocycles. The molecule has 0 fully saturated rings. The summed E-state index contributed by atoms with van der Waals surface area (Å²) >= 11 is 0. The van der Waals surface area contributed by atoms with E-state index in [1.165, 1.54) is 23.0 Å². The zero-order valence-corrected chi connectivity index (χ0v) is 11.6. The Morgan fingerprint density at radius 2 is 1.95 bits per heavy atom. The second-order valence-corrected chi connectivity index (χ2v) is 4.63. The molecule has 0 radical (unpaired) electrons. The maximum absolute atomic E-state index is 8.55. The molecule has 2 aromatic rings. The highest BCUT2D eigenvalue weighted by Crippen LogP contribution is 2.12. The molecular formula is C15H17N5. The monoisotopic (exact) mass is 267 g/mol. The van der Waals surface area contributed by atoms with Crippen LogP contribution in [0.3, 0.4) is 0 Å². The number of hydrogen-bond donors (Lipinski definition) is 2. The van der Waals surface area contributed by atoms with Crippen molar-refractivity contribution in [2.24, 2.45) is 0 Å². The Hall–Kier alpha value is -2.61. The van der Waals surface area contributed by atoms with Crippen LogP contribution in [0.5, 0.6) is 0 Å². The lowest BCUT2D eigenvalue weighted by atomic mass is 10.0. The first kappa shape index (κ1) is 13.8. The molecule has 5 heteroatoms. The lowest BCUT2D eigenvalue weighted by Crippen LogP contribution is -2.08. The summed E-state index contributed by atoms with van der Waals surface area (Å²) in [5, 5.41) is 14.3. The van der Waals surface area contributed by atoms with E-state index in [1.54, 1.807) is 6.07 Å². The molecular weight excluding hydrogens is 250 g/mol. The minimum atomic E-state index is 0.497. The van der Waals surface area contributed by atoms with Crippen LogP contribution in [0, 0.1) is 25.3 Å². The number of hydrogen-bond acceptors (Lipinski definition) is 5. The second-order valence-electron chi connectivity index (χ2n) is 4.63. The Bertz CT molecular complexity index is 630. The van der Waals surface area contributed by atoms with Crippen LogP contribution in [0.1, 0.15) is 16.7 Å². The summed E-state index contributed by atoms with van der Waals surface area (Å²) in [7, 11) is 0. The average molecular weight is 267 g/mol. The summed E-state index contributed by atoms with van der Waals surface area (Å²) < 4.78 is 0. The molecule has 0 unspecified atom stereocenters. The van der Waals surface area contributed by atoms with E-state index in [2.05, 4.69) is 52.6 Å². The van der Waals surface area contributed by atoms with Gasteiger partial charge >= 0.3 is 0 Å². The molecule has 0 aliphatic rings. The first-order valence-corrected chi connectivity index (χ1v) is 6.46. The number of rotatable bonds is 5. The lowest BCUT2D eigenvalue weighted by molar-refractivity contribution is 0.985. The molecule has 0 spiro atoms.